The number of aliphatic hydroxyl groups excluding tert-OH is 1. The molecule has 0 spiro atoms. The van der Waals surface area contributed by atoms with Crippen molar-refractivity contribution in [2.24, 2.45) is 41.4 Å². The van der Waals surface area contributed by atoms with Crippen LogP contribution in [-0.2, 0) is 9.53 Å². The Morgan fingerprint density at radius 3 is 2.62 bits per heavy atom. The van der Waals surface area contributed by atoms with Gasteiger partial charge in [-0.1, -0.05) is 86.6 Å². The van der Waals surface area contributed by atoms with Crippen LogP contribution in [-0.4, -0.2) is 23.6 Å². The standard InChI is InChI=1S/C42H64O3/c1-5-10-33(13-8-12-32-19-17-29(2)25-31(32)4)39-24-23-37(41(44)15-7-6-11-34-14-9-16-40(34)43)26-36(39)20-18-30(3)38-27-42(45-28-38)35-21-22-35/h17,19,25,27,31-35,37-38,41,44H,3,5-16,18,20-24,26,28H2,1-2,4H3. The molecule has 7 unspecified atom stereocenters. The molecule has 0 saturated heterocycles. The van der Waals surface area contributed by atoms with Crippen molar-refractivity contribution < 1.29 is 14.6 Å². The molecule has 5 aliphatic rings. The first-order chi connectivity index (χ1) is 21.8. The van der Waals surface area contributed by atoms with E-state index < -0.39 is 0 Å². The van der Waals surface area contributed by atoms with Crippen molar-refractivity contribution in [2.45, 2.75) is 149 Å². The van der Waals surface area contributed by atoms with E-state index in [0.717, 1.165) is 83.7 Å². The lowest BCUT2D eigenvalue weighted by Crippen LogP contribution is -2.26. The molecule has 1 aliphatic heterocycles. The highest BCUT2D eigenvalue weighted by atomic mass is 16.5. The van der Waals surface area contributed by atoms with Crippen LogP contribution < -0.4 is 0 Å². The number of hydrogen-bond acceptors (Lipinski definition) is 3. The summed E-state index contributed by atoms with van der Waals surface area (Å²) >= 11 is 0. The SMILES string of the molecule is C=C(CCC1=C(C(CCC)CCCC2C=CC(C)=CC2C)CCC(C(O)CCCCC2CCCC2=O)C1)C1C=C(C2CC2)OC1. The molecule has 1 N–H and O–H groups in total. The van der Waals surface area contributed by atoms with E-state index in [9.17, 15) is 9.90 Å². The number of aliphatic hydroxyl groups is 1. The molecule has 1 heterocycles. The van der Waals surface area contributed by atoms with Crippen molar-refractivity contribution in [3.8, 4) is 0 Å². The lowest BCUT2D eigenvalue weighted by molar-refractivity contribution is -0.120. The van der Waals surface area contributed by atoms with Crippen LogP contribution >= 0.6 is 0 Å². The van der Waals surface area contributed by atoms with Gasteiger partial charge in [-0.3, -0.25) is 4.79 Å². The van der Waals surface area contributed by atoms with E-state index in [4.69, 9.17) is 4.74 Å². The van der Waals surface area contributed by atoms with Gasteiger partial charge in [0.1, 0.15) is 5.78 Å². The van der Waals surface area contributed by atoms with E-state index in [-0.39, 0.29) is 6.10 Å². The summed E-state index contributed by atoms with van der Waals surface area (Å²) in [5, 5.41) is 11.4. The Hall–Kier alpha value is -1.87. The van der Waals surface area contributed by atoms with Gasteiger partial charge in [0.15, 0.2) is 0 Å². The van der Waals surface area contributed by atoms with Crippen LogP contribution in [0.4, 0.5) is 0 Å². The van der Waals surface area contributed by atoms with Gasteiger partial charge in [-0.2, -0.15) is 0 Å². The molecule has 2 saturated carbocycles. The molecular formula is C42H64O3. The predicted octanol–water partition coefficient (Wildman–Crippen LogP) is 11.0. The van der Waals surface area contributed by atoms with Gasteiger partial charge in [-0.25, -0.2) is 0 Å². The van der Waals surface area contributed by atoms with E-state index in [2.05, 4.69) is 51.7 Å². The zero-order chi connectivity index (χ0) is 31.8. The molecule has 0 radical (unpaired) electrons. The van der Waals surface area contributed by atoms with Gasteiger partial charge in [0.2, 0.25) is 0 Å². The molecule has 2 fully saturated rings. The third kappa shape index (κ3) is 9.82. The highest BCUT2D eigenvalue weighted by molar-refractivity contribution is 5.82. The van der Waals surface area contributed by atoms with Gasteiger partial charge >= 0.3 is 0 Å². The number of ether oxygens (including phenoxy) is 1. The monoisotopic (exact) mass is 616 g/mol. The largest absolute Gasteiger partial charge is 0.497 e. The van der Waals surface area contributed by atoms with Gasteiger partial charge in [-0.15, -0.1) is 0 Å². The van der Waals surface area contributed by atoms with Crippen LogP contribution in [0.2, 0.25) is 0 Å². The number of hydrogen-bond donors (Lipinski definition) is 1. The second kappa shape index (κ2) is 16.8. The molecule has 3 heteroatoms. The first kappa shape index (κ1) is 34.5. The fourth-order valence-corrected chi connectivity index (χ4v) is 9.00. The summed E-state index contributed by atoms with van der Waals surface area (Å²) in [4.78, 5) is 12.1. The van der Waals surface area contributed by atoms with Gasteiger partial charge in [-0.05, 0) is 127 Å². The maximum Gasteiger partial charge on any atom is 0.135 e. The molecule has 4 aliphatic carbocycles. The Bertz CT molecular complexity index is 1130. The maximum absolute atomic E-state index is 12.1. The van der Waals surface area contributed by atoms with Crippen LogP contribution in [0.15, 0.2) is 58.9 Å². The summed E-state index contributed by atoms with van der Waals surface area (Å²) in [5.74, 6) is 5.43. The zero-order valence-electron chi connectivity index (χ0n) is 29.0. The summed E-state index contributed by atoms with van der Waals surface area (Å²) in [5.41, 5.74) is 6.13. The van der Waals surface area contributed by atoms with Gasteiger partial charge in [0, 0.05) is 24.2 Å². The Morgan fingerprint density at radius 2 is 1.89 bits per heavy atom. The molecule has 0 bridgehead atoms. The van der Waals surface area contributed by atoms with E-state index in [1.54, 1.807) is 11.1 Å². The van der Waals surface area contributed by atoms with Crippen LogP contribution in [0, 0.1) is 41.4 Å². The quantitative estimate of drug-likeness (QED) is 0.123. The first-order valence-electron chi connectivity index (χ1n) is 19.1. The van der Waals surface area contributed by atoms with Crippen LogP contribution in [0.3, 0.4) is 0 Å². The van der Waals surface area contributed by atoms with E-state index >= 15 is 0 Å². The highest BCUT2D eigenvalue weighted by Crippen LogP contribution is 2.44. The number of carbonyl (C=O) groups is 1. The minimum Gasteiger partial charge on any atom is -0.497 e. The van der Waals surface area contributed by atoms with Crippen molar-refractivity contribution in [3.05, 3.63) is 58.9 Å². The van der Waals surface area contributed by atoms with Crippen LogP contribution in [0.5, 0.6) is 0 Å². The maximum atomic E-state index is 12.1. The normalized spacial score (nSPS) is 29.9. The van der Waals surface area contributed by atoms with Gasteiger partial charge in [0.25, 0.3) is 0 Å². The van der Waals surface area contributed by atoms with E-state index in [1.807, 2.05) is 0 Å². The van der Waals surface area contributed by atoms with Crippen molar-refractivity contribution in [3.63, 3.8) is 0 Å². The number of unbranched alkanes of at least 4 members (excludes halogenated alkanes) is 1. The Balaban J connectivity index is 1.20. The molecule has 0 aromatic heterocycles. The van der Waals surface area contributed by atoms with Gasteiger partial charge in [0.05, 0.1) is 18.5 Å². The highest BCUT2D eigenvalue weighted by Gasteiger charge is 2.33. The van der Waals surface area contributed by atoms with Gasteiger partial charge < -0.3 is 9.84 Å². The van der Waals surface area contributed by atoms with E-state index in [1.165, 1.54) is 61.9 Å². The third-order valence-electron chi connectivity index (χ3n) is 12.1. The van der Waals surface area contributed by atoms with Crippen LogP contribution in [0.25, 0.3) is 0 Å². The van der Waals surface area contributed by atoms with E-state index in [0.29, 0.717) is 47.2 Å². The topological polar surface area (TPSA) is 46.5 Å². The number of rotatable bonds is 18. The molecule has 3 nitrogen and oxygen atoms in total. The summed E-state index contributed by atoms with van der Waals surface area (Å²) in [6.07, 6.45) is 30.8. The molecule has 250 valence electrons. The number of allylic oxidation sites excluding steroid dienone is 7. The average Bonchev–Trinajstić information content (AvgIpc) is 3.61. The molecule has 5 rings (SSSR count). The third-order valence-corrected chi connectivity index (χ3v) is 12.1. The van der Waals surface area contributed by atoms with Crippen molar-refractivity contribution >= 4 is 5.78 Å². The summed E-state index contributed by atoms with van der Waals surface area (Å²) in [6, 6.07) is 0. The molecule has 0 amide bonds. The van der Waals surface area contributed by atoms with Crippen LogP contribution in [0.1, 0.15) is 143 Å². The molecule has 0 aromatic rings. The minimum absolute atomic E-state index is 0.225. The summed E-state index contributed by atoms with van der Waals surface area (Å²) in [7, 11) is 0. The smallest absolute Gasteiger partial charge is 0.135 e. The summed E-state index contributed by atoms with van der Waals surface area (Å²) < 4.78 is 6.06. The lowest BCUT2D eigenvalue weighted by atomic mass is 9.72. The molecule has 7 atom stereocenters. The second-order valence-electron chi connectivity index (χ2n) is 15.7. The number of ketones is 1. The molecule has 45 heavy (non-hydrogen) atoms. The van der Waals surface area contributed by atoms with Crippen molar-refractivity contribution in [2.75, 3.05) is 6.61 Å². The number of carbonyl (C=O) groups excluding carboxylic acids is 1. The Labute approximate surface area is 275 Å². The molecular weight excluding hydrogens is 552 g/mol. The zero-order valence-corrected chi connectivity index (χ0v) is 29.0. The Kier molecular flexibility index (Phi) is 12.9. The fourth-order valence-electron chi connectivity index (χ4n) is 9.00. The molecule has 0 aromatic carbocycles. The first-order valence-corrected chi connectivity index (χ1v) is 19.1. The Morgan fingerprint density at radius 1 is 1.04 bits per heavy atom. The lowest BCUT2D eigenvalue weighted by Gasteiger charge is -2.35. The average molecular weight is 617 g/mol. The minimum atomic E-state index is -0.225. The van der Waals surface area contributed by atoms with Crippen molar-refractivity contribution in [1.29, 1.82) is 0 Å². The second-order valence-corrected chi connectivity index (χ2v) is 15.7. The predicted molar refractivity (Wildman–Crippen MR) is 188 cm³/mol. The number of Topliss-reactive ketones (excluding diaryl/α,β-unsaturated/α-hetero) is 1. The van der Waals surface area contributed by atoms with Crippen molar-refractivity contribution in [1.82, 2.24) is 0 Å². The fraction of sp³-hybridized carbons (Fsp3) is 0.738. The summed E-state index contributed by atoms with van der Waals surface area (Å²) in [6.45, 7) is 12.3.